The molecule has 1 amide bonds. The molecule has 32 heavy (non-hydrogen) atoms. The molecule has 0 unspecified atom stereocenters. The summed E-state index contributed by atoms with van der Waals surface area (Å²) in [7, 11) is 0. The van der Waals surface area contributed by atoms with E-state index in [1.807, 2.05) is 48.7 Å². The first-order chi connectivity index (χ1) is 15.7. The van der Waals surface area contributed by atoms with Gasteiger partial charge in [0.2, 0.25) is 0 Å². The lowest BCUT2D eigenvalue weighted by Gasteiger charge is -2.04. The van der Waals surface area contributed by atoms with E-state index in [4.69, 9.17) is 5.26 Å². The molecular formula is C25H20N6O. The minimum Gasteiger partial charge on any atom is -0.270 e. The fourth-order valence-corrected chi connectivity index (χ4v) is 3.21. The Hall–Kier alpha value is -4.57. The highest BCUT2D eigenvalue weighted by Gasteiger charge is 2.11. The second-order valence-electron chi connectivity index (χ2n) is 6.98. The van der Waals surface area contributed by atoms with Gasteiger partial charge in [-0.05, 0) is 23.3 Å². The third kappa shape index (κ3) is 4.94. The lowest BCUT2D eigenvalue weighted by Crippen LogP contribution is -2.17. The molecule has 2 aromatic carbocycles. The maximum atomic E-state index is 12.2. The molecule has 4 aromatic rings. The summed E-state index contributed by atoms with van der Waals surface area (Å²) in [6.45, 7) is 0.475. The van der Waals surface area contributed by atoms with Gasteiger partial charge in [0.1, 0.15) is 5.69 Å². The van der Waals surface area contributed by atoms with Gasteiger partial charge in [-0.1, -0.05) is 54.6 Å². The Kier molecular flexibility index (Phi) is 6.44. The van der Waals surface area contributed by atoms with E-state index in [1.54, 1.807) is 35.4 Å². The zero-order valence-electron chi connectivity index (χ0n) is 17.2. The lowest BCUT2D eigenvalue weighted by molar-refractivity contribution is 0.0955. The molecule has 1 N–H and O–H groups in total. The number of hydrogen-bond donors (Lipinski definition) is 1. The van der Waals surface area contributed by atoms with Crippen LogP contribution in [0.2, 0.25) is 0 Å². The lowest BCUT2D eigenvalue weighted by atomic mass is 10.0. The summed E-state index contributed by atoms with van der Waals surface area (Å²) in [5.41, 5.74) is 7.63. The summed E-state index contributed by atoms with van der Waals surface area (Å²) < 4.78 is 1.72. The summed E-state index contributed by atoms with van der Waals surface area (Å²) in [5, 5.41) is 17.6. The van der Waals surface area contributed by atoms with Crippen LogP contribution >= 0.6 is 0 Å². The quantitative estimate of drug-likeness (QED) is 0.356. The summed E-state index contributed by atoms with van der Waals surface area (Å²) in [6, 6.07) is 23.6. The van der Waals surface area contributed by atoms with E-state index >= 15 is 0 Å². The summed E-state index contributed by atoms with van der Waals surface area (Å²) in [4.78, 5) is 16.1. The van der Waals surface area contributed by atoms with Crippen LogP contribution in [0, 0.1) is 11.3 Å². The molecule has 0 saturated heterocycles. The molecule has 4 rings (SSSR count). The number of carbonyl (C=O) groups is 1. The smallest absolute Gasteiger partial charge is 0.270 e. The van der Waals surface area contributed by atoms with Gasteiger partial charge in [-0.3, -0.25) is 14.5 Å². The highest BCUT2D eigenvalue weighted by Crippen LogP contribution is 2.25. The molecule has 0 radical (unpaired) electrons. The third-order valence-corrected chi connectivity index (χ3v) is 4.82. The largest absolute Gasteiger partial charge is 0.271 e. The van der Waals surface area contributed by atoms with Crippen molar-refractivity contribution in [1.29, 1.82) is 5.26 Å². The van der Waals surface area contributed by atoms with Crippen LogP contribution in [-0.2, 0) is 6.54 Å². The Morgan fingerprint density at radius 2 is 1.69 bits per heavy atom. The fraction of sp³-hybridized carbons (Fsp3) is 0.0800. The normalized spacial score (nSPS) is 10.7. The SMILES string of the molecule is N#CCCn1cc(/C=N/NC(=O)c2ccncc2)c(-c2ccc(-c3ccccc3)cc2)n1. The first-order valence-electron chi connectivity index (χ1n) is 10.1. The number of nitrogens with one attached hydrogen (secondary N) is 1. The van der Waals surface area contributed by atoms with Gasteiger partial charge in [-0.25, -0.2) is 5.43 Å². The average molecular weight is 420 g/mol. The number of aromatic nitrogens is 3. The van der Waals surface area contributed by atoms with Crippen molar-refractivity contribution in [2.24, 2.45) is 5.10 Å². The molecule has 7 nitrogen and oxygen atoms in total. The molecule has 2 heterocycles. The Morgan fingerprint density at radius 1 is 1.00 bits per heavy atom. The van der Waals surface area contributed by atoms with Crippen LogP contribution in [0.1, 0.15) is 22.3 Å². The number of benzene rings is 2. The van der Waals surface area contributed by atoms with Crippen molar-refractivity contribution < 1.29 is 4.79 Å². The molecule has 7 heteroatoms. The molecule has 2 aromatic heterocycles. The Balaban J connectivity index is 1.58. The first kappa shape index (κ1) is 20.7. The number of amides is 1. The van der Waals surface area contributed by atoms with Crippen molar-refractivity contribution in [3.05, 3.63) is 96.4 Å². The minimum absolute atomic E-state index is 0.325. The predicted octanol–water partition coefficient (Wildman–Crippen LogP) is 4.29. The van der Waals surface area contributed by atoms with Crippen LogP contribution in [0.5, 0.6) is 0 Å². The molecule has 0 aliphatic rings. The van der Waals surface area contributed by atoms with Gasteiger partial charge in [0.25, 0.3) is 5.91 Å². The molecular weight excluding hydrogens is 400 g/mol. The third-order valence-electron chi connectivity index (χ3n) is 4.82. The maximum Gasteiger partial charge on any atom is 0.271 e. The number of pyridine rings is 1. The first-order valence-corrected chi connectivity index (χ1v) is 10.1. The van der Waals surface area contributed by atoms with E-state index in [9.17, 15) is 4.79 Å². The van der Waals surface area contributed by atoms with Gasteiger partial charge >= 0.3 is 0 Å². The van der Waals surface area contributed by atoms with E-state index in [0.29, 0.717) is 18.5 Å². The van der Waals surface area contributed by atoms with Crippen LogP contribution < -0.4 is 5.43 Å². The van der Waals surface area contributed by atoms with Crippen LogP contribution in [0.15, 0.2) is 90.4 Å². The molecule has 0 atom stereocenters. The van der Waals surface area contributed by atoms with E-state index in [1.165, 1.54) is 0 Å². The van der Waals surface area contributed by atoms with Crippen molar-refractivity contribution in [1.82, 2.24) is 20.2 Å². The number of hydrazone groups is 1. The van der Waals surface area contributed by atoms with Gasteiger partial charge in [0.05, 0.1) is 25.2 Å². The van der Waals surface area contributed by atoms with Crippen molar-refractivity contribution in [2.45, 2.75) is 13.0 Å². The van der Waals surface area contributed by atoms with Crippen LogP contribution in [0.25, 0.3) is 22.4 Å². The summed E-state index contributed by atoms with van der Waals surface area (Å²) >= 11 is 0. The molecule has 0 aliphatic carbocycles. The zero-order chi connectivity index (χ0) is 22.2. The standard InChI is InChI=1S/C25H20N6O/c26-13-4-16-31-18-23(17-28-29-25(32)22-11-14-27-15-12-22)24(30-31)21-9-7-20(8-10-21)19-5-2-1-3-6-19/h1-3,5-12,14-15,17-18H,4,16H2,(H,29,32)/b28-17+. The highest BCUT2D eigenvalue weighted by atomic mass is 16.2. The van der Waals surface area contributed by atoms with Crippen LogP contribution in [0.4, 0.5) is 0 Å². The average Bonchev–Trinajstić information content (AvgIpc) is 3.26. The fourth-order valence-electron chi connectivity index (χ4n) is 3.21. The number of rotatable bonds is 7. The topological polar surface area (TPSA) is 96.0 Å². The summed E-state index contributed by atoms with van der Waals surface area (Å²) in [6.07, 6.45) is 6.84. The number of aryl methyl sites for hydroxylation is 1. The Bertz CT molecular complexity index is 1260. The van der Waals surface area contributed by atoms with Gasteiger partial charge in [-0.2, -0.15) is 15.5 Å². The second kappa shape index (κ2) is 9.96. The number of nitrogens with zero attached hydrogens (tertiary/aromatic N) is 5. The molecule has 0 saturated carbocycles. The van der Waals surface area contributed by atoms with Crippen LogP contribution in [-0.4, -0.2) is 26.9 Å². The Morgan fingerprint density at radius 3 is 2.41 bits per heavy atom. The van der Waals surface area contributed by atoms with E-state index in [-0.39, 0.29) is 5.91 Å². The van der Waals surface area contributed by atoms with Crippen molar-refractivity contribution >= 4 is 12.1 Å². The zero-order valence-corrected chi connectivity index (χ0v) is 17.2. The van der Waals surface area contributed by atoms with E-state index in [0.717, 1.165) is 27.9 Å². The van der Waals surface area contributed by atoms with Crippen molar-refractivity contribution in [2.75, 3.05) is 0 Å². The number of nitriles is 1. The summed E-state index contributed by atoms with van der Waals surface area (Å²) in [5.74, 6) is -0.325. The van der Waals surface area contributed by atoms with Crippen LogP contribution in [0.3, 0.4) is 0 Å². The Labute approximate surface area is 185 Å². The van der Waals surface area contributed by atoms with Gasteiger partial charge in [-0.15, -0.1) is 0 Å². The second-order valence-corrected chi connectivity index (χ2v) is 6.98. The number of hydrogen-bond acceptors (Lipinski definition) is 5. The maximum absolute atomic E-state index is 12.2. The molecule has 0 fully saturated rings. The van der Waals surface area contributed by atoms with E-state index < -0.39 is 0 Å². The molecule has 0 bridgehead atoms. The number of carbonyl (C=O) groups excluding carboxylic acids is 1. The molecule has 0 aliphatic heterocycles. The minimum atomic E-state index is -0.325. The van der Waals surface area contributed by atoms with Gasteiger partial charge in [0.15, 0.2) is 0 Å². The monoisotopic (exact) mass is 420 g/mol. The predicted molar refractivity (Wildman–Crippen MR) is 123 cm³/mol. The highest BCUT2D eigenvalue weighted by molar-refractivity contribution is 5.95. The van der Waals surface area contributed by atoms with E-state index in [2.05, 4.69) is 38.8 Å². The van der Waals surface area contributed by atoms with Gasteiger partial charge in [0, 0.05) is 35.3 Å². The molecule has 0 spiro atoms. The van der Waals surface area contributed by atoms with Gasteiger partial charge < -0.3 is 0 Å². The molecule has 156 valence electrons. The van der Waals surface area contributed by atoms with Crippen molar-refractivity contribution in [3.63, 3.8) is 0 Å². The van der Waals surface area contributed by atoms with Crippen molar-refractivity contribution in [3.8, 4) is 28.5 Å².